The molecule has 1 unspecified atom stereocenters. The largest absolute Gasteiger partial charge is 0.491 e. The third-order valence-corrected chi connectivity index (χ3v) is 5.16. The highest BCUT2D eigenvalue weighted by Gasteiger charge is 2.19. The van der Waals surface area contributed by atoms with Gasteiger partial charge in [0.25, 0.3) is 0 Å². The van der Waals surface area contributed by atoms with Crippen molar-refractivity contribution in [2.24, 2.45) is 0 Å². The molecule has 0 spiro atoms. The number of ether oxygens (including phenoxy) is 2. The van der Waals surface area contributed by atoms with Crippen molar-refractivity contribution < 1.29 is 14.6 Å². The molecule has 0 bridgehead atoms. The molecular formula is C23H32N2O3. The first-order valence-corrected chi connectivity index (χ1v) is 10.1. The van der Waals surface area contributed by atoms with Crippen LogP contribution in [-0.4, -0.2) is 68.7 Å². The second-order valence-corrected chi connectivity index (χ2v) is 7.42. The Labute approximate surface area is 168 Å². The lowest BCUT2D eigenvalue weighted by atomic mass is 10.1. The fraction of sp³-hybridized carbons (Fsp3) is 0.478. The van der Waals surface area contributed by atoms with Gasteiger partial charge in [-0.1, -0.05) is 36.4 Å². The Balaban J connectivity index is 1.29. The number of hydrogen-bond donors (Lipinski definition) is 1. The molecule has 0 saturated carbocycles. The summed E-state index contributed by atoms with van der Waals surface area (Å²) in [6.45, 7) is 9.96. The predicted molar refractivity (Wildman–Crippen MR) is 113 cm³/mol. The molecule has 1 atom stereocenters. The molecule has 2 aromatic rings. The van der Waals surface area contributed by atoms with Crippen molar-refractivity contribution in [1.82, 2.24) is 4.90 Å². The molecule has 5 heteroatoms. The monoisotopic (exact) mass is 384 g/mol. The van der Waals surface area contributed by atoms with Gasteiger partial charge in [-0.25, -0.2) is 0 Å². The van der Waals surface area contributed by atoms with Crippen LogP contribution in [-0.2, 0) is 4.74 Å². The summed E-state index contributed by atoms with van der Waals surface area (Å²) in [5, 5.41) is 10.3. The molecule has 1 aliphatic rings. The van der Waals surface area contributed by atoms with E-state index in [1.165, 1.54) is 5.69 Å². The molecule has 1 saturated heterocycles. The summed E-state index contributed by atoms with van der Waals surface area (Å²) in [6.07, 6.45) is -0.469. The number of aliphatic hydroxyl groups excluding tert-OH is 1. The van der Waals surface area contributed by atoms with Crippen molar-refractivity contribution in [3.8, 4) is 5.75 Å². The highest BCUT2D eigenvalue weighted by atomic mass is 16.5. The number of benzene rings is 2. The molecule has 3 rings (SSSR count). The highest BCUT2D eigenvalue weighted by Crippen LogP contribution is 2.22. The van der Waals surface area contributed by atoms with E-state index in [1.807, 2.05) is 38.1 Å². The van der Waals surface area contributed by atoms with Gasteiger partial charge in [-0.2, -0.15) is 0 Å². The SMILES string of the molecule is Cc1cccc(C)c1OCCOCC(O)CN1CCN(c2ccccc2)CC1. The number of aliphatic hydroxyl groups is 1. The third-order valence-electron chi connectivity index (χ3n) is 5.16. The molecule has 28 heavy (non-hydrogen) atoms. The van der Waals surface area contributed by atoms with E-state index in [4.69, 9.17) is 9.47 Å². The second-order valence-electron chi connectivity index (χ2n) is 7.42. The number of nitrogens with zero attached hydrogens (tertiary/aromatic N) is 2. The Morgan fingerprint density at radius 2 is 1.57 bits per heavy atom. The molecule has 0 aliphatic carbocycles. The van der Waals surface area contributed by atoms with E-state index in [2.05, 4.69) is 34.1 Å². The standard InChI is InChI=1S/C23H32N2O3/c1-19-7-6-8-20(2)23(19)28-16-15-27-18-22(26)17-24-11-13-25(14-12-24)21-9-4-3-5-10-21/h3-10,22,26H,11-18H2,1-2H3. The normalized spacial score (nSPS) is 16.2. The maximum absolute atomic E-state index is 10.3. The maximum atomic E-state index is 10.3. The molecule has 1 aliphatic heterocycles. The molecule has 1 N–H and O–H groups in total. The van der Waals surface area contributed by atoms with Crippen molar-refractivity contribution in [2.45, 2.75) is 20.0 Å². The number of rotatable bonds is 9. The lowest BCUT2D eigenvalue weighted by Crippen LogP contribution is -2.49. The van der Waals surface area contributed by atoms with Gasteiger partial charge in [-0.3, -0.25) is 4.90 Å². The molecule has 0 amide bonds. The van der Waals surface area contributed by atoms with Gasteiger partial charge < -0.3 is 19.5 Å². The zero-order valence-electron chi connectivity index (χ0n) is 17.0. The Morgan fingerprint density at radius 3 is 2.25 bits per heavy atom. The van der Waals surface area contributed by atoms with Crippen LogP contribution in [0.4, 0.5) is 5.69 Å². The Hall–Kier alpha value is -2.08. The average molecular weight is 385 g/mol. The first-order valence-electron chi connectivity index (χ1n) is 10.1. The van der Waals surface area contributed by atoms with E-state index in [-0.39, 0.29) is 0 Å². The number of hydrogen-bond acceptors (Lipinski definition) is 5. The maximum Gasteiger partial charge on any atom is 0.125 e. The van der Waals surface area contributed by atoms with Gasteiger partial charge in [0.2, 0.25) is 0 Å². The third kappa shape index (κ3) is 5.96. The van der Waals surface area contributed by atoms with Crippen LogP contribution in [0.15, 0.2) is 48.5 Å². The zero-order chi connectivity index (χ0) is 19.8. The summed E-state index contributed by atoms with van der Waals surface area (Å²) >= 11 is 0. The molecule has 2 aromatic carbocycles. The topological polar surface area (TPSA) is 45.2 Å². The predicted octanol–water partition coefficient (Wildman–Crippen LogP) is 2.88. The summed E-state index contributed by atoms with van der Waals surface area (Å²) in [6, 6.07) is 16.6. The number of piperazine rings is 1. The first kappa shape index (κ1) is 20.6. The van der Waals surface area contributed by atoms with Crippen LogP contribution in [0.5, 0.6) is 5.75 Å². The van der Waals surface area contributed by atoms with Crippen LogP contribution in [0.25, 0.3) is 0 Å². The molecule has 0 radical (unpaired) electrons. The van der Waals surface area contributed by atoms with Gasteiger partial charge in [0, 0.05) is 38.4 Å². The van der Waals surface area contributed by atoms with E-state index in [1.54, 1.807) is 0 Å². The minimum absolute atomic E-state index is 0.342. The van der Waals surface area contributed by atoms with Crippen molar-refractivity contribution in [1.29, 1.82) is 0 Å². The van der Waals surface area contributed by atoms with E-state index >= 15 is 0 Å². The lowest BCUT2D eigenvalue weighted by Gasteiger charge is -2.36. The van der Waals surface area contributed by atoms with Crippen molar-refractivity contribution >= 4 is 5.69 Å². The van der Waals surface area contributed by atoms with Crippen molar-refractivity contribution in [3.05, 3.63) is 59.7 Å². The van der Waals surface area contributed by atoms with Gasteiger partial charge in [0.1, 0.15) is 12.4 Å². The summed E-state index contributed by atoms with van der Waals surface area (Å²) in [5.41, 5.74) is 3.54. The molecule has 5 nitrogen and oxygen atoms in total. The van der Waals surface area contributed by atoms with Crippen LogP contribution in [0, 0.1) is 13.8 Å². The number of para-hydroxylation sites is 2. The summed E-state index contributed by atoms with van der Waals surface area (Å²) in [5.74, 6) is 0.933. The zero-order valence-corrected chi connectivity index (χ0v) is 17.0. The summed E-state index contributed by atoms with van der Waals surface area (Å²) in [4.78, 5) is 4.70. The Bertz CT molecular complexity index is 695. The van der Waals surface area contributed by atoms with Gasteiger partial charge in [0.05, 0.1) is 19.3 Å². The quantitative estimate of drug-likeness (QED) is 0.674. The van der Waals surface area contributed by atoms with Gasteiger partial charge in [-0.15, -0.1) is 0 Å². The lowest BCUT2D eigenvalue weighted by molar-refractivity contribution is 0.00707. The summed E-state index contributed by atoms with van der Waals surface area (Å²) < 4.78 is 11.4. The van der Waals surface area contributed by atoms with Crippen LogP contribution in [0.3, 0.4) is 0 Å². The fourth-order valence-corrected chi connectivity index (χ4v) is 3.63. The van der Waals surface area contributed by atoms with E-state index in [0.717, 1.165) is 43.1 Å². The molecule has 1 heterocycles. The number of anilines is 1. The molecule has 1 fully saturated rings. The van der Waals surface area contributed by atoms with E-state index in [9.17, 15) is 5.11 Å². The second kappa shape index (κ2) is 10.5. The van der Waals surface area contributed by atoms with Crippen molar-refractivity contribution in [3.63, 3.8) is 0 Å². The first-order chi connectivity index (χ1) is 13.6. The number of β-amino-alcohol motifs (C(OH)–C–C–N with tert-alkyl or cyclic N) is 1. The average Bonchev–Trinajstić information content (AvgIpc) is 2.71. The number of aryl methyl sites for hydroxylation is 2. The Morgan fingerprint density at radius 1 is 0.893 bits per heavy atom. The van der Waals surface area contributed by atoms with Crippen LogP contribution in [0.2, 0.25) is 0 Å². The van der Waals surface area contributed by atoms with E-state index < -0.39 is 6.10 Å². The highest BCUT2D eigenvalue weighted by molar-refractivity contribution is 5.46. The minimum atomic E-state index is -0.469. The smallest absolute Gasteiger partial charge is 0.125 e. The molecule has 152 valence electrons. The fourth-order valence-electron chi connectivity index (χ4n) is 3.63. The van der Waals surface area contributed by atoms with Crippen LogP contribution in [0.1, 0.15) is 11.1 Å². The molecular weight excluding hydrogens is 352 g/mol. The molecule has 0 aromatic heterocycles. The van der Waals surface area contributed by atoms with Gasteiger partial charge in [0.15, 0.2) is 0 Å². The van der Waals surface area contributed by atoms with Crippen molar-refractivity contribution in [2.75, 3.05) is 57.4 Å². The van der Waals surface area contributed by atoms with E-state index in [0.29, 0.717) is 26.4 Å². The Kier molecular flexibility index (Phi) is 7.71. The van der Waals surface area contributed by atoms with Crippen LogP contribution < -0.4 is 9.64 Å². The summed E-state index contributed by atoms with van der Waals surface area (Å²) in [7, 11) is 0. The van der Waals surface area contributed by atoms with Crippen LogP contribution >= 0.6 is 0 Å². The van der Waals surface area contributed by atoms with Gasteiger partial charge in [-0.05, 0) is 37.1 Å². The minimum Gasteiger partial charge on any atom is -0.491 e. The van der Waals surface area contributed by atoms with Gasteiger partial charge >= 0.3 is 0 Å².